The molecule has 2 rings (SSSR count). The van der Waals surface area contributed by atoms with E-state index in [1.807, 2.05) is 35.9 Å². The lowest BCUT2D eigenvalue weighted by atomic mass is 10.1. The lowest BCUT2D eigenvalue weighted by molar-refractivity contribution is -0.135. The minimum atomic E-state index is -0.195. The van der Waals surface area contributed by atoms with Crippen LogP contribution >= 0.6 is 22.7 Å². The SMILES string of the molecule is CC(C(=O)Oc1cccs1)c1cccs1. The summed E-state index contributed by atoms with van der Waals surface area (Å²) in [5, 5.41) is 4.51. The van der Waals surface area contributed by atoms with Gasteiger partial charge in [0.15, 0.2) is 5.06 Å². The van der Waals surface area contributed by atoms with E-state index >= 15 is 0 Å². The molecule has 78 valence electrons. The quantitative estimate of drug-likeness (QED) is 0.765. The number of carbonyl (C=O) groups is 1. The van der Waals surface area contributed by atoms with Crippen LogP contribution in [0, 0.1) is 0 Å². The molecule has 2 aromatic rings. The van der Waals surface area contributed by atoms with Gasteiger partial charge in [0, 0.05) is 4.88 Å². The van der Waals surface area contributed by atoms with Gasteiger partial charge in [-0.2, -0.15) is 0 Å². The Hall–Kier alpha value is -1.13. The molecule has 2 heterocycles. The highest BCUT2D eigenvalue weighted by atomic mass is 32.1. The van der Waals surface area contributed by atoms with E-state index in [2.05, 4.69) is 0 Å². The maximum absolute atomic E-state index is 11.7. The summed E-state index contributed by atoms with van der Waals surface area (Å²) >= 11 is 3.00. The van der Waals surface area contributed by atoms with E-state index < -0.39 is 0 Å². The molecule has 2 nitrogen and oxygen atoms in total. The maximum Gasteiger partial charge on any atom is 0.320 e. The van der Waals surface area contributed by atoms with Crippen LogP contribution in [0.4, 0.5) is 0 Å². The second kappa shape index (κ2) is 4.59. The predicted molar refractivity (Wildman–Crippen MR) is 62.7 cm³/mol. The molecule has 4 heteroatoms. The minimum Gasteiger partial charge on any atom is -0.415 e. The van der Waals surface area contributed by atoms with Crippen molar-refractivity contribution in [3.05, 3.63) is 39.9 Å². The Morgan fingerprint density at radius 3 is 2.60 bits per heavy atom. The number of ether oxygens (including phenoxy) is 1. The first-order chi connectivity index (χ1) is 7.27. The van der Waals surface area contributed by atoms with E-state index in [1.165, 1.54) is 11.3 Å². The van der Waals surface area contributed by atoms with Crippen molar-refractivity contribution in [1.82, 2.24) is 0 Å². The molecule has 2 aromatic heterocycles. The summed E-state index contributed by atoms with van der Waals surface area (Å²) in [5.41, 5.74) is 0. The first-order valence-electron chi connectivity index (χ1n) is 4.56. The number of thiophene rings is 2. The highest BCUT2D eigenvalue weighted by Crippen LogP contribution is 2.25. The average molecular weight is 238 g/mol. The first-order valence-corrected chi connectivity index (χ1v) is 6.32. The molecular weight excluding hydrogens is 228 g/mol. The van der Waals surface area contributed by atoms with Crippen LogP contribution in [0.2, 0.25) is 0 Å². The van der Waals surface area contributed by atoms with Crippen molar-refractivity contribution in [3.8, 4) is 5.06 Å². The van der Waals surface area contributed by atoms with Crippen molar-refractivity contribution in [1.29, 1.82) is 0 Å². The lowest BCUT2D eigenvalue weighted by Crippen LogP contribution is -2.14. The van der Waals surface area contributed by atoms with Gasteiger partial charge >= 0.3 is 5.97 Å². The fraction of sp³-hybridized carbons (Fsp3) is 0.182. The van der Waals surface area contributed by atoms with E-state index in [0.29, 0.717) is 5.06 Å². The van der Waals surface area contributed by atoms with E-state index in [0.717, 1.165) is 4.88 Å². The molecule has 0 spiro atoms. The van der Waals surface area contributed by atoms with Gasteiger partial charge in [-0.05, 0) is 35.9 Å². The number of esters is 1. The van der Waals surface area contributed by atoms with Crippen molar-refractivity contribution >= 4 is 28.6 Å². The summed E-state index contributed by atoms with van der Waals surface area (Å²) in [6, 6.07) is 7.55. The molecular formula is C11H10O2S2. The molecule has 0 aromatic carbocycles. The van der Waals surface area contributed by atoms with Crippen LogP contribution in [0.1, 0.15) is 17.7 Å². The maximum atomic E-state index is 11.7. The fourth-order valence-corrected chi connectivity index (χ4v) is 2.51. The van der Waals surface area contributed by atoms with Gasteiger partial charge < -0.3 is 4.74 Å². The Morgan fingerprint density at radius 1 is 1.27 bits per heavy atom. The number of rotatable bonds is 3. The van der Waals surface area contributed by atoms with Crippen molar-refractivity contribution in [2.45, 2.75) is 12.8 Å². The van der Waals surface area contributed by atoms with E-state index in [4.69, 9.17) is 4.74 Å². The van der Waals surface area contributed by atoms with E-state index in [9.17, 15) is 4.79 Å². The van der Waals surface area contributed by atoms with Gasteiger partial charge in [0.1, 0.15) is 0 Å². The largest absolute Gasteiger partial charge is 0.415 e. The number of hydrogen-bond donors (Lipinski definition) is 0. The smallest absolute Gasteiger partial charge is 0.320 e. The Labute approximate surface area is 96.1 Å². The third-order valence-electron chi connectivity index (χ3n) is 2.02. The molecule has 1 unspecified atom stereocenters. The summed E-state index contributed by atoms with van der Waals surface area (Å²) in [5.74, 6) is -0.382. The van der Waals surface area contributed by atoms with Crippen LogP contribution in [0.25, 0.3) is 0 Å². The molecule has 0 aliphatic heterocycles. The van der Waals surface area contributed by atoms with Crippen molar-refractivity contribution < 1.29 is 9.53 Å². The second-order valence-corrected chi connectivity index (χ2v) is 4.98. The molecule has 0 aliphatic carbocycles. The van der Waals surface area contributed by atoms with Crippen molar-refractivity contribution in [2.75, 3.05) is 0 Å². The molecule has 0 N–H and O–H groups in total. The third-order valence-corrected chi connectivity index (χ3v) is 3.82. The zero-order valence-corrected chi connectivity index (χ0v) is 9.81. The van der Waals surface area contributed by atoms with Gasteiger partial charge in [0.25, 0.3) is 0 Å². The zero-order chi connectivity index (χ0) is 10.7. The molecule has 0 saturated heterocycles. The van der Waals surface area contributed by atoms with Gasteiger partial charge in [-0.3, -0.25) is 4.79 Å². The highest BCUT2D eigenvalue weighted by Gasteiger charge is 2.18. The van der Waals surface area contributed by atoms with Crippen molar-refractivity contribution in [2.24, 2.45) is 0 Å². The summed E-state index contributed by atoms with van der Waals surface area (Å²) in [7, 11) is 0. The Bertz CT molecular complexity index is 417. The molecule has 1 atom stereocenters. The van der Waals surface area contributed by atoms with Crippen molar-refractivity contribution in [3.63, 3.8) is 0 Å². The van der Waals surface area contributed by atoms with Crippen LogP contribution in [-0.2, 0) is 4.79 Å². The van der Waals surface area contributed by atoms with Gasteiger partial charge in [0.2, 0.25) is 0 Å². The fourth-order valence-electron chi connectivity index (χ4n) is 1.16. The average Bonchev–Trinajstić information content (AvgIpc) is 2.88. The normalized spacial score (nSPS) is 12.3. The highest BCUT2D eigenvalue weighted by molar-refractivity contribution is 7.12. The second-order valence-electron chi connectivity index (χ2n) is 3.09. The Morgan fingerprint density at radius 2 is 2.00 bits per heavy atom. The molecule has 0 bridgehead atoms. The number of carbonyl (C=O) groups excluding carboxylic acids is 1. The summed E-state index contributed by atoms with van der Waals surface area (Å²) in [6.45, 7) is 1.86. The monoisotopic (exact) mass is 238 g/mol. The topological polar surface area (TPSA) is 26.3 Å². The molecule has 15 heavy (non-hydrogen) atoms. The Kier molecular flexibility index (Phi) is 3.18. The lowest BCUT2D eigenvalue weighted by Gasteiger charge is -2.07. The third kappa shape index (κ3) is 2.46. The summed E-state index contributed by atoms with van der Waals surface area (Å²) in [6.07, 6.45) is 0. The van der Waals surface area contributed by atoms with Crippen LogP contribution in [-0.4, -0.2) is 5.97 Å². The van der Waals surface area contributed by atoms with Gasteiger partial charge in [-0.1, -0.05) is 6.07 Å². The van der Waals surface area contributed by atoms with Crippen LogP contribution in [0.5, 0.6) is 5.06 Å². The molecule has 0 radical (unpaired) electrons. The van der Waals surface area contributed by atoms with Gasteiger partial charge in [-0.25, -0.2) is 0 Å². The van der Waals surface area contributed by atoms with Crippen LogP contribution in [0.15, 0.2) is 35.0 Å². The summed E-state index contributed by atoms with van der Waals surface area (Å²) < 4.78 is 5.23. The molecule has 0 saturated carbocycles. The zero-order valence-electron chi connectivity index (χ0n) is 8.17. The van der Waals surface area contributed by atoms with Crippen LogP contribution < -0.4 is 4.74 Å². The predicted octanol–water partition coefficient (Wildman–Crippen LogP) is 3.52. The number of hydrogen-bond acceptors (Lipinski definition) is 4. The molecule has 0 aliphatic rings. The molecule has 0 amide bonds. The standard InChI is InChI=1S/C11H10O2S2/c1-8(9-4-2-6-14-9)11(12)13-10-5-3-7-15-10/h2-8H,1H3. The van der Waals surface area contributed by atoms with E-state index in [-0.39, 0.29) is 11.9 Å². The Balaban J connectivity index is 2.03. The van der Waals surface area contributed by atoms with Gasteiger partial charge in [0.05, 0.1) is 5.92 Å². The molecule has 0 fully saturated rings. The summed E-state index contributed by atoms with van der Waals surface area (Å²) in [4.78, 5) is 12.7. The van der Waals surface area contributed by atoms with Crippen LogP contribution in [0.3, 0.4) is 0 Å². The van der Waals surface area contributed by atoms with E-state index in [1.54, 1.807) is 17.4 Å². The first kappa shape index (κ1) is 10.4. The van der Waals surface area contributed by atoms with Gasteiger partial charge in [-0.15, -0.1) is 22.7 Å². The minimum absolute atomic E-state index is 0.188.